The molecule has 0 amide bonds. The lowest BCUT2D eigenvalue weighted by molar-refractivity contribution is 0.0377. The number of hydrogen-bond donors (Lipinski definition) is 1. The van der Waals surface area contributed by atoms with Crippen LogP contribution < -0.4 is 0 Å². The van der Waals surface area contributed by atoms with E-state index in [2.05, 4.69) is 13.5 Å². The van der Waals surface area contributed by atoms with Gasteiger partial charge in [-0.25, -0.2) is 0 Å². The number of rotatable bonds is 8. The summed E-state index contributed by atoms with van der Waals surface area (Å²) in [5, 5.41) is 8.86. The molecule has 0 radical (unpaired) electrons. The van der Waals surface area contributed by atoms with Crippen LogP contribution in [0.1, 0.15) is 40.5 Å². The molecule has 4 nitrogen and oxygen atoms in total. The third-order valence-corrected chi connectivity index (χ3v) is 5.77. The zero-order valence-electron chi connectivity index (χ0n) is 13.3. The minimum atomic E-state index is -1.75. The van der Waals surface area contributed by atoms with Crippen molar-refractivity contribution in [2.24, 2.45) is 0 Å². The summed E-state index contributed by atoms with van der Waals surface area (Å²) in [4.78, 5) is 1.78. The molecular formula is C13H33NO3Si. The van der Waals surface area contributed by atoms with E-state index < -0.39 is 8.56 Å². The molecule has 0 spiro atoms. The number of aliphatic hydroxyl groups is 1. The van der Waals surface area contributed by atoms with E-state index in [0.717, 1.165) is 32.1 Å². The zero-order chi connectivity index (χ0) is 14.6. The van der Waals surface area contributed by atoms with E-state index in [0.29, 0.717) is 0 Å². The Kier molecular flexibility index (Phi) is 13.7. The Morgan fingerprint density at radius 2 is 1.50 bits per heavy atom. The van der Waals surface area contributed by atoms with Crippen molar-refractivity contribution in [3.05, 3.63) is 0 Å². The summed E-state index contributed by atoms with van der Waals surface area (Å²) < 4.78 is 11.3. The summed E-state index contributed by atoms with van der Waals surface area (Å²) in [6, 6.07) is 1.11. The largest absolute Gasteiger partial charge is 0.395 e. The maximum Gasteiger partial charge on any atom is 0.334 e. The van der Waals surface area contributed by atoms with Crippen molar-refractivity contribution in [1.29, 1.82) is 0 Å². The molecule has 0 saturated carbocycles. The fourth-order valence-corrected chi connectivity index (χ4v) is 4.12. The molecule has 0 aromatic heterocycles. The molecule has 18 heavy (non-hydrogen) atoms. The fraction of sp³-hybridized carbons (Fsp3) is 1.00. The summed E-state index contributed by atoms with van der Waals surface area (Å²) >= 11 is 0. The van der Waals surface area contributed by atoms with Gasteiger partial charge in [-0.1, -0.05) is 20.3 Å². The maximum absolute atomic E-state index is 8.86. The Labute approximate surface area is 115 Å². The van der Waals surface area contributed by atoms with E-state index in [1.165, 1.54) is 0 Å². The molecule has 0 rings (SSSR count). The highest BCUT2D eigenvalue weighted by atomic mass is 28.4. The van der Waals surface area contributed by atoms with Gasteiger partial charge in [0.2, 0.25) is 0 Å². The Morgan fingerprint density at radius 1 is 1.06 bits per heavy atom. The van der Waals surface area contributed by atoms with Gasteiger partial charge in [-0.3, -0.25) is 4.90 Å². The highest BCUT2D eigenvalue weighted by molar-refractivity contribution is 6.66. The van der Waals surface area contributed by atoms with Crippen LogP contribution >= 0.6 is 0 Å². The molecule has 0 heterocycles. The third kappa shape index (κ3) is 11.2. The lowest BCUT2D eigenvalue weighted by atomic mass is 10.4. The van der Waals surface area contributed by atoms with Crippen LogP contribution in [0.4, 0.5) is 0 Å². The normalized spacial score (nSPS) is 13.2. The van der Waals surface area contributed by atoms with Crippen molar-refractivity contribution in [2.45, 2.75) is 59.4 Å². The Bertz CT molecular complexity index is 163. The molecule has 0 fully saturated rings. The lowest BCUT2D eigenvalue weighted by Gasteiger charge is -2.25. The van der Waals surface area contributed by atoms with E-state index in [1.807, 2.05) is 34.9 Å². The molecule has 0 aliphatic carbocycles. The molecule has 0 aromatic rings. The molecule has 5 heteroatoms. The van der Waals surface area contributed by atoms with E-state index in [-0.39, 0.29) is 6.23 Å². The predicted molar refractivity (Wildman–Crippen MR) is 80.0 cm³/mol. The monoisotopic (exact) mass is 279 g/mol. The smallest absolute Gasteiger partial charge is 0.334 e. The standard InChI is InChI=1S/C8H20O2Si.C5H13NO/c1-5-8-11(4,9-6-2)10-7-3;1-4-5(7)6(2)3/h5-8H2,1-4H3;5,7H,4H2,1-3H3. The first-order valence-electron chi connectivity index (χ1n) is 6.99. The van der Waals surface area contributed by atoms with Gasteiger partial charge in [0.1, 0.15) is 6.23 Å². The molecule has 0 bridgehead atoms. The zero-order valence-corrected chi connectivity index (χ0v) is 14.3. The second-order valence-corrected chi connectivity index (χ2v) is 7.95. The summed E-state index contributed by atoms with van der Waals surface area (Å²) in [5.74, 6) is 0. The minimum absolute atomic E-state index is 0.264. The van der Waals surface area contributed by atoms with Gasteiger partial charge >= 0.3 is 8.56 Å². The minimum Gasteiger partial charge on any atom is -0.395 e. The van der Waals surface area contributed by atoms with Gasteiger partial charge in [0.25, 0.3) is 0 Å². The molecule has 0 aliphatic heterocycles. The number of aliphatic hydroxyl groups excluding tert-OH is 1. The summed E-state index contributed by atoms with van der Waals surface area (Å²) in [6.45, 7) is 11.9. The summed E-state index contributed by atoms with van der Waals surface area (Å²) in [5.41, 5.74) is 0. The summed E-state index contributed by atoms with van der Waals surface area (Å²) in [6.07, 6.45) is 1.69. The first-order valence-corrected chi connectivity index (χ1v) is 9.51. The van der Waals surface area contributed by atoms with Crippen LogP contribution in [0.3, 0.4) is 0 Å². The predicted octanol–water partition coefficient (Wildman–Crippen LogP) is 2.82. The van der Waals surface area contributed by atoms with Crippen LogP contribution in [0.15, 0.2) is 0 Å². The van der Waals surface area contributed by atoms with Crippen molar-refractivity contribution in [1.82, 2.24) is 4.90 Å². The van der Waals surface area contributed by atoms with Crippen LogP contribution in [0, 0.1) is 0 Å². The van der Waals surface area contributed by atoms with Crippen molar-refractivity contribution >= 4 is 8.56 Å². The average molecular weight is 279 g/mol. The van der Waals surface area contributed by atoms with Gasteiger partial charge in [-0.2, -0.15) is 0 Å². The molecule has 1 unspecified atom stereocenters. The van der Waals surface area contributed by atoms with Gasteiger partial charge in [-0.05, 0) is 47.0 Å². The molecule has 0 aliphatic rings. The molecule has 0 saturated heterocycles. The van der Waals surface area contributed by atoms with Gasteiger partial charge in [0, 0.05) is 13.2 Å². The third-order valence-electron chi connectivity index (χ3n) is 2.56. The second-order valence-electron chi connectivity index (χ2n) is 4.60. The second kappa shape index (κ2) is 12.1. The first-order chi connectivity index (χ1) is 8.36. The van der Waals surface area contributed by atoms with Crippen molar-refractivity contribution in [2.75, 3.05) is 27.3 Å². The highest BCUT2D eigenvalue weighted by Gasteiger charge is 2.28. The van der Waals surface area contributed by atoms with Crippen LogP contribution in [-0.4, -0.2) is 52.1 Å². The lowest BCUT2D eigenvalue weighted by Crippen LogP contribution is -2.38. The van der Waals surface area contributed by atoms with E-state index >= 15 is 0 Å². The van der Waals surface area contributed by atoms with Crippen molar-refractivity contribution in [3.63, 3.8) is 0 Å². The van der Waals surface area contributed by atoms with Gasteiger partial charge in [0.15, 0.2) is 0 Å². The average Bonchev–Trinajstić information content (AvgIpc) is 2.29. The van der Waals surface area contributed by atoms with Crippen LogP contribution in [0.2, 0.25) is 12.6 Å². The summed E-state index contributed by atoms with van der Waals surface area (Å²) in [7, 11) is 1.96. The SMILES string of the molecule is CCC(O)N(C)C.CCC[Si](C)(OCC)OCC. The van der Waals surface area contributed by atoms with Crippen molar-refractivity contribution < 1.29 is 14.0 Å². The van der Waals surface area contributed by atoms with E-state index in [4.69, 9.17) is 14.0 Å². The quantitative estimate of drug-likeness (QED) is 0.548. The van der Waals surface area contributed by atoms with Gasteiger partial charge in [-0.15, -0.1) is 0 Å². The van der Waals surface area contributed by atoms with Gasteiger partial charge < -0.3 is 14.0 Å². The highest BCUT2D eigenvalue weighted by Crippen LogP contribution is 2.14. The van der Waals surface area contributed by atoms with Crippen LogP contribution in [0.5, 0.6) is 0 Å². The molecule has 1 atom stereocenters. The van der Waals surface area contributed by atoms with Gasteiger partial charge in [0.05, 0.1) is 0 Å². The Balaban J connectivity index is 0. The molecule has 1 N–H and O–H groups in total. The molecule has 112 valence electrons. The Hall–Kier alpha value is 0.0569. The van der Waals surface area contributed by atoms with E-state index in [1.54, 1.807) is 4.90 Å². The van der Waals surface area contributed by atoms with E-state index in [9.17, 15) is 0 Å². The number of nitrogens with zero attached hydrogens (tertiary/aromatic N) is 1. The number of hydrogen-bond acceptors (Lipinski definition) is 4. The topological polar surface area (TPSA) is 41.9 Å². The Morgan fingerprint density at radius 3 is 1.67 bits per heavy atom. The fourth-order valence-electron chi connectivity index (χ4n) is 1.62. The van der Waals surface area contributed by atoms with Crippen LogP contribution in [0.25, 0.3) is 0 Å². The maximum atomic E-state index is 8.86. The van der Waals surface area contributed by atoms with Crippen LogP contribution in [-0.2, 0) is 8.85 Å². The molecule has 0 aromatic carbocycles. The molecular weight excluding hydrogens is 246 g/mol. The van der Waals surface area contributed by atoms with Crippen molar-refractivity contribution in [3.8, 4) is 0 Å². The first kappa shape index (κ1) is 20.4.